The van der Waals surface area contributed by atoms with E-state index >= 15 is 0 Å². The third kappa shape index (κ3) is 5.83. The first-order valence-corrected chi connectivity index (χ1v) is 10.3. The van der Waals surface area contributed by atoms with Crippen LogP contribution in [-0.2, 0) is 16.8 Å². The maximum atomic E-state index is 12.2. The van der Waals surface area contributed by atoms with Crippen LogP contribution < -0.4 is 10.6 Å². The van der Waals surface area contributed by atoms with Crippen molar-refractivity contribution < 1.29 is 9.21 Å². The summed E-state index contributed by atoms with van der Waals surface area (Å²) in [6, 6.07) is 11.7. The Kier molecular flexibility index (Phi) is 6.18. The van der Waals surface area contributed by atoms with Gasteiger partial charge >= 0.3 is 0 Å². The van der Waals surface area contributed by atoms with Gasteiger partial charge in [-0.25, -0.2) is 0 Å². The van der Waals surface area contributed by atoms with Gasteiger partial charge in [-0.1, -0.05) is 56.0 Å². The highest BCUT2D eigenvalue weighted by Gasteiger charge is 2.13. The molecular formula is C19H22N4O2S2. The van der Waals surface area contributed by atoms with Crippen molar-refractivity contribution in [3.05, 3.63) is 54.0 Å². The SMILES string of the molecule is CC(C)(C)c1ccc(NC(=O)CSc2nnc(NCc3ccco3)s2)cc1. The minimum atomic E-state index is -0.0659. The van der Waals surface area contributed by atoms with E-state index in [4.69, 9.17) is 4.42 Å². The molecule has 0 fully saturated rings. The minimum absolute atomic E-state index is 0.0659. The van der Waals surface area contributed by atoms with Crippen molar-refractivity contribution in [1.82, 2.24) is 10.2 Å². The van der Waals surface area contributed by atoms with Crippen molar-refractivity contribution >= 4 is 39.8 Å². The van der Waals surface area contributed by atoms with Gasteiger partial charge in [-0.3, -0.25) is 4.79 Å². The van der Waals surface area contributed by atoms with Crippen LogP contribution in [0.2, 0.25) is 0 Å². The minimum Gasteiger partial charge on any atom is -0.467 e. The molecule has 1 aromatic carbocycles. The molecule has 0 saturated carbocycles. The predicted molar refractivity (Wildman–Crippen MR) is 110 cm³/mol. The van der Waals surface area contributed by atoms with Crippen molar-refractivity contribution in [2.75, 3.05) is 16.4 Å². The van der Waals surface area contributed by atoms with Crippen LogP contribution in [0.5, 0.6) is 0 Å². The summed E-state index contributed by atoms with van der Waals surface area (Å²) < 4.78 is 6.00. The number of hydrogen-bond acceptors (Lipinski definition) is 7. The van der Waals surface area contributed by atoms with Gasteiger partial charge in [0.2, 0.25) is 11.0 Å². The summed E-state index contributed by atoms with van der Waals surface area (Å²) in [5, 5.41) is 14.9. The number of carbonyl (C=O) groups excluding carboxylic acids is 1. The summed E-state index contributed by atoms with van der Waals surface area (Å²) in [5.41, 5.74) is 2.13. The van der Waals surface area contributed by atoms with Crippen molar-refractivity contribution in [2.24, 2.45) is 0 Å². The fourth-order valence-corrected chi connectivity index (χ4v) is 3.84. The van der Waals surface area contributed by atoms with Crippen molar-refractivity contribution in [3.63, 3.8) is 0 Å². The lowest BCUT2D eigenvalue weighted by Gasteiger charge is -2.19. The molecule has 0 aliphatic heterocycles. The fraction of sp³-hybridized carbons (Fsp3) is 0.316. The van der Waals surface area contributed by atoms with Crippen LogP contribution in [0.3, 0.4) is 0 Å². The monoisotopic (exact) mass is 402 g/mol. The van der Waals surface area contributed by atoms with E-state index in [9.17, 15) is 4.79 Å². The molecule has 27 heavy (non-hydrogen) atoms. The highest BCUT2D eigenvalue weighted by atomic mass is 32.2. The maximum Gasteiger partial charge on any atom is 0.234 e. The molecule has 1 amide bonds. The Morgan fingerprint density at radius 1 is 1.19 bits per heavy atom. The Balaban J connectivity index is 1.45. The summed E-state index contributed by atoms with van der Waals surface area (Å²) in [7, 11) is 0. The molecule has 0 radical (unpaired) electrons. The van der Waals surface area contributed by atoms with Gasteiger partial charge in [-0.2, -0.15) is 0 Å². The van der Waals surface area contributed by atoms with E-state index < -0.39 is 0 Å². The van der Waals surface area contributed by atoms with Crippen LogP contribution in [-0.4, -0.2) is 21.9 Å². The number of amides is 1. The summed E-state index contributed by atoms with van der Waals surface area (Å²) >= 11 is 2.78. The zero-order chi connectivity index (χ0) is 19.3. The molecule has 2 heterocycles. The number of carbonyl (C=O) groups is 1. The lowest BCUT2D eigenvalue weighted by Crippen LogP contribution is -2.15. The van der Waals surface area contributed by atoms with Crippen LogP contribution in [0.15, 0.2) is 51.4 Å². The molecule has 2 N–H and O–H groups in total. The van der Waals surface area contributed by atoms with E-state index in [-0.39, 0.29) is 17.1 Å². The molecule has 0 aliphatic carbocycles. The third-order valence-corrected chi connectivity index (χ3v) is 5.78. The zero-order valence-electron chi connectivity index (χ0n) is 15.5. The molecule has 3 aromatic rings. The number of benzene rings is 1. The number of aromatic nitrogens is 2. The van der Waals surface area contributed by atoms with Crippen LogP contribution in [0.25, 0.3) is 0 Å². The smallest absolute Gasteiger partial charge is 0.234 e. The fourth-order valence-electron chi connectivity index (χ4n) is 2.29. The first-order valence-electron chi connectivity index (χ1n) is 8.53. The molecule has 6 nitrogen and oxygen atoms in total. The van der Waals surface area contributed by atoms with Crippen molar-refractivity contribution in [2.45, 2.75) is 37.1 Å². The lowest BCUT2D eigenvalue weighted by molar-refractivity contribution is -0.113. The summed E-state index contributed by atoms with van der Waals surface area (Å²) in [4.78, 5) is 12.2. The average molecular weight is 403 g/mol. The topological polar surface area (TPSA) is 80.0 Å². The Labute approximate surface area is 166 Å². The predicted octanol–water partition coefficient (Wildman–Crippen LogP) is 4.77. The standard InChI is InChI=1S/C19H22N4O2S2/c1-19(2,3)13-6-8-14(9-7-13)21-16(24)12-26-18-23-22-17(27-18)20-11-15-5-4-10-25-15/h4-10H,11-12H2,1-3H3,(H,20,22)(H,21,24). The first kappa shape index (κ1) is 19.4. The molecule has 3 rings (SSSR count). The van der Waals surface area contributed by atoms with E-state index in [2.05, 4.69) is 41.6 Å². The van der Waals surface area contributed by atoms with Gasteiger partial charge in [0.05, 0.1) is 18.6 Å². The quantitative estimate of drug-likeness (QED) is 0.554. The lowest BCUT2D eigenvalue weighted by atomic mass is 9.87. The van der Waals surface area contributed by atoms with E-state index in [1.54, 1.807) is 6.26 Å². The van der Waals surface area contributed by atoms with E-state index in [0.717, 1.165) is 15.8 Å². The molecule has 0 unspecified atom stereocenters. The number of furan rings is 1. The Morgan fingerprint density at radius 2 is 1.96 bits per heavy atom. The van der Waals surface area contributed by atoms with E-state index in [0.29, 0.717) is 11.7 Å². The molecule has 0 spiro atoms. The van der Waals surface area contributed by atoms with Crippen LogP contribution in [0, 0.1) is 0 Å². The van der Waals surface area contributed by atoms with Gasteiger partial charge < -0.3 is 15.1 Å². The third-order valence-electron chi connectivity index (χ3n) is 3.76. The molecule has 142 valence electrons. The largest absolute Gasteiger partial charge is 0.467 e. The Hall–Kier alpha value is -2.32. The van der Waals surface area contributed by atoms with Crippen molar-refractivity contribution in [1.29, 1.82) is 0 Å². The Bertz CT molecular complexity index is 868. The molecule has 0 saturated heterocycles. The second-order valence-electron chi connectivity index (χ2n) is 6.97. The highest BCUT2D eigenvalue weighted by molar-refractivity contribution is 8.01. The highest BCUT2D eigenvalue weighted by Crippen LogP contribution is 2.26. The second-order valence-corrected chi connectivity index (χ2v) is 9.17. The molecule has 0 bridgehead atoms. The second kappa shape index (κ2) is 8.58. The van der Waals surface area contributed by atoms with Gasteiger partial charge in [-0.15, -0.1) is 10.2 Å². The number of anilines is 2. The number of nitrogens with one attached hydrogen (secondary N) is 2. The summed E-state index contributed by atoms with van der Waals surface area (Å²) in [5.74, 6) is 1.05. The van der Waals surface area contributed by atoms with Crippen LogP contribution in [0.1, 0.15) is 32.1 Å². The first-order chi connectivity index (χ1) is 12.9. The average Bonchev–Trinajstić information content (AvgIpc) is 3.29. The number of thioether (sulfide) groups is 1. The molecule has 8 heteroatoms. The molecule has 2 aromatic heterocycles. The molecule has 0 atom stereocenters. The molecular weight excluding hydrogens is 380 g/mol. The van der Waals surface area contributed by atoms with Crippen LogP contribution >= 0.6 is 23.1 Å². The zero-order valence-corrected chi connectivity index (χ0v) is 17.1. The summed E-state index contributed by atoms with van der Waals surface area (Å²) in [6.45, 7) is 7.04. The maximum absolute atomic E-state index is 12.2. The number of nitrogens with zero attached hydrogens (tertiary/aromatic N) is 2. The van der Waals surface area contributed by atoms with Crippen molar-refractivity contribution in [3.8, 4) is 0 Å². The Morgan fingerprint density at radius 3 is 2.63 bits per heavy atom. The van der Waals surface area contributed by atoms with Gasteiger partial charge in [0.15, 0.2) is 4.34 Å². The normalized spacial score (nSPS) is 11.4. The van der Waals surface area contributed by atoms with Gasteiger partial charge in [0.25, 0.3) is 0 Å². The number of rotatable bonds is 7. The van der Waals surface area contributed by atoms with E-state index in [1.807, 2.05) is 36.4 Å². The van der Waals surface area contributed by atoms with Crippen LogP contribution in [0.4, 0.5) is 10.8 Å². The van der Waals surface area contributed by atoms with Gasteiger partial charge in [-0.05, 0) is 35.2 Å². The van der Waals surface area contributed by atoms with Gasteiger partial charge in [0.1, 0.15) is 5.76 Å². The van der Waals surface area contributed by atoms with Gasteiger partial charge in [0, 0.05) is 5.69 Å². The van der Waals surface area contributed by atoms with E-state index in [1.165, 1.54) is 28.7 Å². The number of hydrogen-bond donors (Lipinski definition) is 2. The summed E-state index contributed by atoms with van der Waals surface area (Å²) in [6.07, 6.45) is 1.63. The molecule has 0 aliphatic rings.